The van der Waals surface area contributed by atoms with Crippen molar-refractivity contribution in [2.24, 2.45) is 10.9 Å². The maximum atomic E-state index is 13.5. The molecule has 2 saturated heterocycles. The molecule has 1 saturated carbocycles. The van der Waals surface area contributed by atoms with Crippen LogP contribution < -0.4 is 10.6 Å². The Balaban J connectivity index is 0.922. The van der Waals surface area contributed by atoms with Gasteiger partial charge in [0.1, 0.15) is 17.9 Å². The largest absolute Gasteiger partial charge is 0.453 e. The maximum Gasteiger partial charge on any atom is 0.407 e. The van der Waals surface area contributed by atoms with Crippen LogP contribution in [0.1, 0.15) is 69.8 Å². The number of aromatic amines is 1. The number of carbonyl (C=O) groups excluding carboxylic acids is 4. The van der Waals surface area contributed by atoms with Gasteiger partial charge < -0.3 is 34.9 Å². The Morgan fingerprint density at radius 2 is 1.45 bits per heavy atom. The third-order valence-corrected chi connectivity index (χ3v) is 11.9. The van der Waals surface area contributed by atoms with Crippen molar-refractivity contribution in [3.8, 4) is 22.4 Å². The van der Waals surface area contributed by atoms with Crippen molar-refractivity contribution in [3.05, 3.63) is 84.4 Å². The minimum absolute atomic E-state index is 0.0821. The molecule has 2 bridgehead atoms. The molecular formula is C43H47N7O6. The predicted octanol–water partition coefficient (Wildman–Crippen LogP) is 6.61. The van der Waals surface area contributed by atoms with Crippen molar-refractivity contribution in [2.45, 2.75) is 82.6 Å². The third kappa shape index (κ3) is 7.02. The predicted molar refractivity (Wildman–Crippen MR) is 212 cm³/mol. The highest BCUT2D eigenvalue weighted by atomic mass is 16.5. The van der Waals surface area contributed by atoms with Crippen LogP contribution in [-0.2, 0) is 19.1 Å². The van der Waals surface area contributed by atoms with E-state index in [1.54, 1.807) is 13.8 Å². The molecule has 0 spiro atoms. The molecule has 3 N–H and O–H groups in total. The van der Waals surface area contributed by atoms with Gasteiger partial charge >= 0.3 is 12.2 Å². The first-order valence-corrected chi connectivity index (χ1v) is 19.4. The number of ether oxygens (including phenoxy) is 2. The summed E-state index contributed by atoms with van der Waals surface area (Å²) in [7, 11) is 2.57. The molecule has 13 nitrogen and oxygen atoms in total. The Bertz CT molecular complexity index is 2250. The first-order valence-electron chi connectivity index (χ1n) is 19.4. The van der Waals surface area contributed by atoms with Gasteiger partial charge in [0.2, 0.25) is 11.8 Å². The van der Waals surface area contributed by atoms with Gasteiger partial charge in [-0.3, -0.25) is 14.6 Å². The number of allylic oxidation sites excluding steroid dienone is 1. The molecule has 1 aromatic heterocycles. The Labute approximate surface area is 325 Å². The molecule has 0 radical (unpaired) electrons. The number of nitrogens with zero attached hydrogens (tertiary/aromatic N) is 4. The van der Waals surface area contributed by atoms with Crippen molar-refractivity contribution in [3.63, 3.8) is 0 Å². The van der Waals surface area contributed by atoms with Crippen molar-refractivity contribution in [2.75, 3.05) is 20.8 Å². The quantitative estimate of drug-likeness (QED) is 0.173. The van der Waals surface area contributed by atoms with Gasteiger partial charge in [0.25, 0.3) is 0 Å². The number of fused-ring (bicyclic) bond motifs is 3. The lowest BCUT2D eigenvalue weighted by atomic mass is 9.95. The number of methoxy groups -OCH3 is 2. The van der Waals surface area contributed by atoms with Crippen molar-refractivity contribution in [1.82, 2.24) is 30.4 Å². The molecule has 6 atom stereocenters. The molecule has 3 aliphatic heterocycles. The number of aliphatic imine (C=N–C) groups is 1. The zero-order valence-corrected chi connectivity index (χ0v) is 32.1. The van der Waals surface area contributed by atoms with Crippen molar-refractivity contribution >= 4 is 46.1 Å². The van der Waals surface area contributed by atoms with Gasteiger partial charge in [-0.2, -0.15) is 0 Å². The molecule has 56 heavy (non-hydrogen) atoms. The summed E-state index contributed by atoms with van der Waals surface area (Å²) in [5.74, 6) is 0.849. The van der Waals surface area contributed by atoms with E-state index in [9.17, 15) is 19.2 Å². The van der Waals surface area contributed by atoms with Gasteiger partial charge in [-0.25, -0.2) is 14.6 Å². The van der Waals surface area contributed by atoms with Crippen LogP contribution in [0.25, 0.3) is 38.7 Å². The second-order valence-electron chi connectivity index (χ2n) is 15.3. The summed E-state index contributed by atoms with van der Waals surface area (Å²) < 4.78 is 9.38. The molecule has 3 aromatic carbocycles. The number of imidazole rings is 1. The number of amides is 4. The van der Waals surface area contributed by atoms with Gasteiger partial charge in [0.15, 0.2) is 0 Å². The van der Waals surface area contributed by atoms with Crippen LogP contribution in [0.3, 0.4) is 0 Å². The smallest absolute Gasteiger partial charge is 0.407 e. The van der Waals surface area contributed by atoms with E-state index in [4.69, 9.17) is 14.7 Å². The van der Waals surface area contributed by atoms with Crippen molar-refractivity contribution < 1.29 is 28.7 Å². The summed E-state index contributed by atoms with van der Waals surface area (Å²) in [6.45, 7) is 4.01. The van der Waals surface area contributed by atoms with E-state index in [1.165, 1.54) is 14.2 Å². The third-order valence-electron chi connectivity index (χ3n) is 11.9. The fourth-order valence-electron chi connectivity index (χ4n) is 9.03. The summed E-state index contributed by atoms with van der Waals surface area (Å²) in [6, 6.07) is 19.9. The minimum Gasteiger partial charge on any atom is -0.453 e. The molecule has 290 valence electrons. The van der Waals surface area contributed by atoms with E-state index < -0.39 is 24.3 Å². The number of H-pyrrole nitrogens is 1. The van der Waals surface area contributed by atoms with Gasteiger partial charge in [-0.05, 0) is 97.0 Å². The van der Waals surface area contributed by atoms with E-state index in [2.05, 4.69) is 81.0 Å². The first kappa shape index (κ1) is 37.0. The van der Waals surface area contributed by atoms with E-state index in [0.717, 1.165) is 87.9 Å². The highest BCUT2D eigenvalue weighted by Crippen LogP contribution is 2.50. The fraction of sp³-hybridized carbons (Fsp3) is 0.395. The molecule has 1 aliphatic carbocycles. The molecule has 8 rings (SSSR count). The second kappa shape index (κ2) is 15.3. The number of carbonyl (C=O) groups is 4. The van der Waals surface area contributed by atoms with E-state index >= 15 is 0 Å². The van der Waals surface area contributed by atoms with Crippen LogP contribution in [0.5, 0.6) is 0 Å². The molecule has 4 aromatic rings. The van der Waals surface area contributed by atoms with Crippen LogP contribution in [0.2, 0.25) is 0 Å². The average molecular weight is 758 g/mol. The van der Waals surface area contributed by atoms with Crippen molar-refractivity contribution in [1.29, 1.82) is 0 Å². The molecular weight excluding hydrogens is 711 g/mol. The number of aromatic nitrogens is 2. The molecule has 0 unspecified atom stereocenters. The Kier molecular flexibility index (Phi) is 10.1. The van der Waals surface area contributed by atoms with Gasteiger partial charge in [-0.15, -0.1) is 0 Å². The van der Waals surface area contributed by atoms with E-state index in [1.807, 2.05) is 22.2 Å². The number of nitrogens with one attached hydrogen (secondary N) is 3. The number of benzene rings is 3. The number of hydrogen-bond acceptors (Lipinski definition) is 8. The lowest BCUT2D eigenvalue weighted by Crippen LogP contribution is -2.50. The van der Waals surface area contributed by atoms with Gasteiger partial charge in [0.05, 0.1) is 38.2 Å². The average Bonchev–Trinajstić information content (AvgIpc) is 4.08. The van der Waals surface area contributed by atoms with Crippen LogP contribution in [0.4, 0.5) is 9.59 Å². The zero-order valence-electron chi connectivity index (χ0n) is 32.1. The Hall–Kier alpha value is -5.98. The summed E-state index contributed by atoms with van der Waals surface area (Å²) >= 11 is 0. The van der Waals surface area contributed by atoms with Crippen LogP contribution in [0.15, 0.2) is 78.1 Å². The summed E-state index contributed by atoms with van der Waals surface area (Å²) in [4.78, 5) is 67.0. The normalized spacial score (nSPS) is 22.4. The molecule has 4 amide bonds. The first-order chi connectivity index (χ1) is 27.1. The topological polar surface area (TPSA) is 158 Å². The molecule has 3 fully saturated rings. The number of rotatable bonds is 9. The fourth-order valence-corrected chi connectivity index (χ4v) is 9.03. The lowest BCUT2D eigenvalue weighted by Gasteiger charge is -2.36. The molecule has 4 aliphatic rings. The lowest BCUT2D eigenvalue weighted by molar-refractivity contribution is -0.137. The highest BCUT2D eigenvalue weighted by molar-refractivity contribution is 6.04. The summed E-state index contributed by atoms with van der Waals surface area (Å²) in [5.41, 5.74) is 7.32. The molecule has 4 heterocycles. The molecule has 13 heteroatoms. The Morgan fingerprint density at radius 1 is 0.804 bits per heavy atom. The van der Waals surface area contributed by atoms with Crippen LogP contribution >= 0.6 is 0 Å². The van der Waals surface area contributed by atoms with Gasteiger partial charge in [-0.1, -0.05) is 48.5 Å². The highest BCUT2D eigenvalue weighted by Gasteiger charge is 2.50. The second-order valence-corrected chi connectivity index (χ2v) is 15.3. The number of hydrogen-bond donors (Lipinski definition) is 3. The number of likely N-dealkylation sites (tertiary alicyclic amines) is 2. The number of piperidine rings is 1. The monoisotopic (exact) mass is 757 g/mol. The van der Waals surface area contributed by atoms with E-state index in [0.29, 0.717) is 18.9 Å². The summed E-state index contributed by atoms with van der Waals surface area (Å²) in [6.07, 6.45) is 7.88. The SMILES string of the molecule is COC(=O)N[C@@H](C)C(=O)N1CCC[C@H]1C1=NC=C(c2ccc(-c3ccc4cc(-c5cnc([C@@H]6[C@@H]7CC[C@H](C7)N6C(=O)[C@H](C)NC(=O)OC)[nH]5)ccc4c3)cc2)C1. The zero-order chi connectivity index (χ0) is 39.1. The maximum absolute atomic E-state index is 13.5. The summed E-state index contributed by atoms with van der Waals surface area (Å²) in [5, 5.41) is 7.44. The minimum atomic E-state index is -0.697. The number of alkyl carbamates (subject to hydrolysis) is 2. The van der Waals surface area contributed by atoms with Gasteiger partial charge in [0, 0.05) is 36.5 Å². The Morgan fingerprint density at radius 3 is 2.16 bits per heavy atom. The van der Waals surface area contributed by atoms with Crippen LogP contribution in [-0.4, -0.2) is 94.4 Å². The van der Waals surface area contributed by atoms with E-state index in [-0.39, 0.29) is 29.9 Å². The van der Waals surface area contributed by atoms with Crippen LogP contribution in [0, 0.1) is 5.92 Å². The standard InChI is InChI=1S/C43H47N7O6/c1-24(46-42(53)55-3)40(51)49-17-5-6-37(49)35-21-33(22-44-35)27-9-7-26(8-10-27)28-11-12-30-19-31(14-13-29(30)18-28)36-23-45-39(48-36)38-32-15-16-34(20-32)50(38)41(52)25(2)47-43(54)56-4/h7-14,18-19,22-25,32,34,37-38H,5-6,15-17,20-21H2,1-4H3,(H,45,48)(H,46,53)(H,47,54)/t24-,25-,32+,34+,37-,38-/m0/s1.